The molecule has 1 fully saturated rings. The first-order chi connectivity index (χ1) is 17.5. The molecule has 10 nitrogen and oxygen atoms in total. The van der Waals surface area contributed by atoms with Gasteiger partial charge in [0.05, 0.1) is 11.7 Å². The van der Waals surface area contributed by atoms with Gasteiger partial charge in [0.15, 0.2) is 17.7 Å². The Bertz CT molecular complexity index is 1530. The fourth-order valence-corrected chi connectivity index (χ4v) is 4.54. The van der Waals surface area contributed by atoms with Gasteiger partial charge in [-0.2, -0.15) is 0 Å². The maximum Gasteiger partial charge on any atom is 0.335 e. The Morgan fingerprint density at radius 2 is 1.92 bits per heavy atom. The number of aromatic nitrogens is 4. The van der Waals surface area contributed by atoms with Gasteiger partial charge in [-0.05, 0) is 43.5 Å². The van der Waals surface area contributed by atoms with Crippen LogP contribution in [0.15, 0.2) is 65.7 Å². The Labute approximate surface area is 207 Å². The molecule has 0 saturated carbocycles. The molecule has 1 amide bonds. The van der Waals surface area contributed by atoms with Gasteiger partial charge in [0, 0.05) is 24.3 Å². The van der Waals surface area contributed by atoms with Crippen LogP contribution < -0.4 is 16.7 Å². The molecule has 1 unspecified atom stereocenters. The number of anilines is 2. The molecule has 1 aliphatic heterocycles. The van der Waals surface area contributed by atoms with Crippen LogP contribution in [-0.4, -0.2) is 48.1 Å². The summed E-state index contributed by atoms with van der Waals surface area (Å²) in [5, 5.41) is 13.5. The van der Waals surface area contributed by atoms with E-state index >= 15 is 0 Å². The highest BCUT2D eigenvalue weighted by Gasteiger charge is 2.31. The number of rotatable bonds is 5. The number of aliphatic hydroxyl groups excluding tert-OH is 1. The lowest BCUT2D eigenvalue weighted by Crippen LogP contribution is -2.31. The van der Waals surface area contributed by atoms with E-state index in [0.29, 0.717) is 42.0 Å². The minimum Gasteiger partial charge on any atom is -0.382 e. The van der Waals surface area contributed by atoms with Crippen molar-refractivity contribution >= 4 is 28.6 Å². The summed E-state index contributed by atoms with van der Waals surface area (Å²) >= 11 is 0. The molecule has 1 saturated heterocycles. The third kappa shape index (κ3) is 4.16. The van der Waals surface area contributed by atoms with Crippen LogP contribution in [0.2, 0.25) is 0 Å². The molecule has 0 bridgehead atoms. The molecule has 10 heteroatoms. The Balaban J connectivity index is 1.49. The molecule has 0 aliphatic carbocycles. The zero-order valence-electron chi connectivity index (χ0n) is 19.6. The second-order valence-corrected chi connectivity index (χ2v) is 8.49. The SMILES string of the molecule is CC#CC(=O)N1CC[C@@H](n2c(=O)n(-c3ccc(NC(O)c4ccccc4)cc3)c3c(N)ncnc32)C1. The molecule has 2 aromatic heterocycles. The fraction of sp³-hybridized carbons (Fsp3) is 0.231. The van der Waals surface area contributed by atoms with Crippen molar-refractivity contribution in [2.75, 3.05) is 24.1 Å². The van der Waals surface area contributed by atoms with Crippen LogP contribution in [0.5, 0.6) is 0 Å². The fourth-order valence-electron chi connectivity index (χ4n) is 4.54. The van der Waals surface area contributed by atoms with Gasteiger partial charge in [0.1, 0.15) is 11.8 Å². The summed E-state index contributed by atoms with van der Waals surface area (Å²) in [4.78, 5) is 36.0. The van der Waals surface area contributed by atoms with Gasteiger partial charge in [-0.3, -0.25) is 13.9 Å². The summed E-state index contributed by atoms with van der Waals surface area (Å²) < 4.78 is 3.07. The quantitative estimate of drug-likeness (QED) is 0.292. The molecule has 2 aromatic carbocycles. The van der Waals surface area contributed by atoms with Crippen molar-refractivity contribution in [1.82, 2.24) is 24.0 Å². The number of nitrogens with zero attached hydrogens (tertiary/aromatic N) is 5. The average molecular weight is 484 g/mol. The van der Waals surface area contributed by atoms with E-state index in [0.717, 1.165) is 5.56 Å². The predicted octanol–water partition coefficient (Wildman–Crippen LogP) is 2.06. The Morgan fingerprint density at radius 1 is 1.17 bits per heavy atom. The van der Waals surface area contributed by atoms with Crippen LogP contribution in [0, 0.1) is 11.8 Å². The van der Waals surface area contributed by atoms with Gasteiger partial charge < -0.3 is 21.1 Å². The number of fused-ring (bicyclic) bond motifs is 1. The predicted molar refractivity (Wildman–Crippen MR) is 136 cm³/mol. The van der Waals surface area contributed by atoms with E-state index in [4.69, 9.17) is 5.73 Å². The summed E-state index contributed by atoms with van der Waals surface area (Å²) in [7, 11) is 0. The molecule has 4 aromatic rings. The molecule has 1 aliphatic rings. The first-order valence-electron chi connectivity index (χ1n) is 11.5. The molecular formula is C26H25N7O3. The molecule has 0 spiro atoms. The first-order valence-corrected chi connectivity index (χ1v) is 11.5. The van der Waals surface area contributed by atoms with E-state index < -0.39 is 6.23 Å². The number of likely N-dealkylation sites (tertiary alicyclic amines) is 1. The van der Waals surface area contributed by atoms with Gasteiger partial charge in [-0.25, -0.2) is 14.8 Å². The van der Waals surface area contributed by atoms with E-state index in [-0.39, 0.29) is 23.5 Å². The zero-order valence-corrected chi connectivity index (χ0v) is 19.6. The average Bonchev–Trinajstić information content (AvgIpc) is 3.48. The van der Waals surface area contributed by atoms with E-state index in [1.54, 1.807) is 40.7 Å². The lowest BCUT2D eigenvalue weighted by atomic mass is 10.2. The number of aliphatic hydroxyl groups is 1. The zero-order chi connectivity index (χ0) is 25.2. The number of hydrogen-bond acceptors (Lipinski definition) is 7. The number of amides is 1. The van der Waals surface area contributed by atoms with E-state index in [1.165, 1.54) is 10.9 Å². The smallest absolute Gasteiger partial charge is 0.335 e. The van der Waals surface area contributed by atoms with E-state index in [9.17, 15) is 14.7 Å². The third-order valence-corrected chi connectivity index (χ3v) is 6.27. The highest BCUT2D eigenvalue weighted by atomic mass is 16.3. The molecule has 182 valence electrons. The first kappa shape index (κ1) is 23.1. The van der Waals surface area contributed by atoms with Crippen molar-refractivity contribution in [3.63, 3.8) is 0 Å². The topological polar surface area (TPSA) is 131 Å². The van der Waals surface area contributed by atoms with Crippen molar-refractivity contribution in [3.8, 4) is 17.5 Å². The second kappa shape index (κ2) is 9.56. The number of nitrogen functional groups attached to an aromatic ring is 1. The summed E-state index contributed by atoms with van der Waals surface area (Å²) in [6, 6.07) is 16.1. The Morgan fingerprint density at radius 3 is 2.64 bits per heavy atom. The standard InChI is InChI=1S/C26H25N7O3/c1-2-6-21(34)31-14-13-20(15-31)33-24-22(23(27)28-16-29-24)32(26(33)36)19-11-9-18(10-12-19)30-25(35)17-7-4-3-5-8-17/h3-5,7-12,16,20,25,30,35H,13-15H2,1H3,(H2,27,28,29)/t20-,25?/m1/s1. The maximum absolute atomic E-state index is 13.7. The number of imidazole rings is 1. The molecule has 36 heavy (non-hydrogen) atoms. The van der Waals surface area contributed by atoms with Crippen LogP contribution in [0.25, 0.3) is 16.9 Å². The summed E-state index contributed by atoms with van der Waals surface area (Å²) in [6.45, 7) is 2.48. The van der Waals surface area contributed by atoms with E-state index in [2.05, 4.69) is 27.1 Å². The highest BCUT2D eigenvalue weighted by molar-refractivity contribution is 5.93. The minimum atomic E-state index is -0.879. The minimum absolute atomic E-state index is 0.181. The largest absolute Gasteiger partial charge is 0.382 e. The molecule has 5 rings (SSSR count). The van der Waals surface area contributed by atoms with Crippen molar-refractivity contribution in [3.05, 3.63) is 77.0 Å². The van der Waals surface area contributed by atoms with Crippen molar-refractivity contribution in [2.24, 2.45) is 0 Å². The maximum atomic E-state index is 13.7. The third-order valence-electron chi connectivity index (χ3n) is 6.27. The second-order valence-electron chi connectivity index (χ2n) is 8.49. The lowest BCUT2D eigenvalue weighted by Gasteiger charge is -2.15. The summed E-state index contributed by atoms with van der Waals surface area (Å²) in [5.74, 6) is 5.11. The number of carbonyl (C=O) groups excluding carboxylic acids is 1. The van der Waals surface area contributed by atoms with Crippen LogP contribution in [0.3, 0.4) is 0 Å². The van der Waals surface area contributed by atoms with Gasteiger partial charge in [0.2, 0.25) is 0 Å². The number of benzene rings is 2. The van der Waals surface area contributed by atoms with Crippen LogP contribution in [0.4, 0.5) is 11.5 Å². The van der Waals surface area contributed by atoms with Crippen LogP contribution >= 0.6 is 0 Å². The Kier molecular flexibility index (Phi) is 6.14. The normalized spacial score (nSPS) is 15.9. The van der Waals surface area contributed by atoms with Gasteiger partial charge in [0.25, 0.3) is 5.91 Å². The summed E-state index contributed by atoms with van der Waals surface area (Å²) in [6.07, 6.45) is 1.05. The number of nitrogens with one attached hydrogen (secondary N) is 1. The van der Waals surface area contributed by atoms with E-state index in [1.807, 2.05) is 30.3 Å². The van der Waals surface area contributed by atoms with Crippen molar-refractivity contribution in [2.45, 2.75) is 25.6 Å². The summed E-state index contributed by atoms with van der Waals surface area (Å²) in [5.41, 5.74) is 8.69. The number of hydrogen-bond donors (Lipinski definition) is 3. The monoisotopic (exact) mass is 483 g/mol. The molecule has 3 heterocycles. The van der Waals surface area contributed by atoms with Crippen LogP contribution in [0.1, 0.15) is 31.2 Å². The number of carbonyl (C=O) groups is 1. The van der Waals surface area contributed by atoms with Crippen molar-refractivity contribution in [1.29, 1.82) is 0 Å². The Hall–Kier alpha value is -4.62. The number of nitrogens with two attached hydrogens (primary N) is 1. The van der Waals surface area contributed by atoms with Crippen LogP contribution in [-0.2, 0) is 4.79 Å². The van der Waals surface area contributed by atoms with Crippen molar-refractivity contribution < 1.29 is 9.90 Å². The molecule has 4 N–H and O–H groups in total. The molecule has 0 radical (unpaired) electrons. The lowest BCUT2D eigenvalue weighted by molar-refractivity contribution is -0.124. The molecule has 2 atom stereocenters. The highest BCUT2D eigenvalue weighted by Crippen LogP contribution is 2.28. The van der Waals surface area contributed by atoms with Gasteiger partial charge in [-0.1, -0.05) is 36.3 Å². The van der Waals surface area contributed by atoms with Gasteiger partial charge >= 0.3 is 5.69 Å². The molecular weight excluding hydrogens is 458 g/mol. The van der Waals surface area contributed by atoms with Gasteiger partial charge in [-0.15, -0.1) is 0 Å².